The van der Waals surface area contributed by atoms with Gasteiger partial charge in [-0.25, -0.2) is 4.39 Å². The number of carbonyl (C=O) groups is 1. The molecule has 5 nitrogen and oxygen atoms in total. The summed E-state index contributed by atoms with van der Waals surface area (Å²) in [5.41, 5.74) is 2.80. The van der Waals surface area contributed by atoms with E-state index in [0.29, 0.717) is 30.6 Å². The zero-order chi connectivity index (χ0) is 19.6. The molecule has 1 aliphatic rings. The summed E-state index contributed by atoms with van der Waals surface area (Å²) in [4.78, 5) is 29.2. The van der Waals surface area contributed by atoms with Crippen molar-refractivity contribution in [1.82, 2.24) is 9.88 Å². The van der Waals surface area contributed by atoms with Gasteiger partial charge in [0.15, 0.2) is 0 Å². The van der Waals surface area contributed by atoms with Crippen LogP contribution in [0.3, 0.4) is 0 Å². The number of nitriles is 1. The third-order valence-corrected chi connectivity index (χ3v) is 5.08. The third-order valence-electron chi connectivity index (χ3n) is 5.08. The molecule has 0 atom stereocenters. The SMILES string of the molecule is Cc1[nH]c(=O)c(C#N)c(C)c1CCC(=O)N(Cc1ccc(F)cc1)C1CC1. The van der Waals surface area contributed by atoms with Gasteiger partial charge >= 0.3 is 0 Å². The molecular weight excluding hydrogens is 345 g/mol. The topological polar surface area (TPSA) is 77.0 Å². The quantitative estimate of drug-likeness (QED) is 0.852. The molecule has 1 saturated carbocycles. The van der Waals surface area contributed by atoms with E-state index in [1.54, 1.807) is 26.0 Å². The highest BCUT2D eigenvalue weighted by Gasteiger charge is 2.32. The van der Waals surface area contributed by atoms with Gasteiger partial charge in [-0.15, -0.1) is 0 Å². The Kier molecular flexibility index (Phi) is 5.41. The molecular formula is C21H22FN3O2. The average Bonchev–Trinajstić information content (AvgIpc) is 3.46. The summed E-state index contributed by atoms with van der Waals surface area (Å²) in [5.74, 6) is -0.259. The maximum Gasteiger partial charge on any atom is 0.266 e. The number of amides is 1. The molecule has 0 bridgehead atoms. The number of pyridine rings is 1. The first-order valence-electron chi connectivity index (χ1n) is 9.07. The summed E-state index contributed by atoms with van der Waals surface area (Å²) in [6, 6.07) is 8.39. The second-order valence-electron chi connectivity index (χ2n) is 7.05. The highest BCUT2D eigenvalue weighted by molar-refractivity contribution is 5.77. The van der Waals surface area contributed by atoms with Crippen molar-refractivity contribution in [1.29, 1.82) is 5.26 Å². The fourth-order valence-corrected chi connectivity index (χ4v) is 3.39. The van der Waals surface area contributed by atoms with E-state index in [1.807, 2.05) is 11.0 Å². The van der Waals surface area contributed by atoms with Crippen molar-refractivity contribution in [3.8, 4) is 6.07 Å². The van der Waals surface area contributed by atoms with Gasteiger partial charge in [-0.2, -0.15) is 5.26 Å². The molecule has 0 unspecified atom stereocenters. The maximum atomic E-state index is 13.1. The van der Waals surface area contributed by atoms with Crippen molar-refractivity contribution in [2.75, 3.05) is 0 Å². The predicted octanol–water partition coefficient (Wildman–Crippen LogP) is 3.13. The summed E-state index contributed by atoms with van der Waals surface area (Å²) >= 11 is 0. The van der Waals surface area contributed by atoms with Gasteiger partial charge in [0.1, 0.15) is 17.4 Å². The lowest BCUT2D eigenvalue weighted by molar-refractivity contribution is -0.132. The Hall–Kier alpha value is -2.94. The highest BCUT2D eigenvalue weighted by atomic mass is 19.1. The van der Waals surface area contributed by atoms with Crippen LogP contribution in [0.4, 0.5) is 4.39 Å². The lowest BCUT2D eigenvalue weighted by Crippen LogP contribution is -2.33. The number of rotatable bonds is 6. The van der Waals surface area contributed by atoms with Crippen LogP contribution in [0.5, 0.6) is 0 Å². The first kappa shape index (κ1) is 18.8. The van der Waals surface area contributed by atoms with E-state index >= 15 is 0 Å². The average molecular weight is 367 g/mol. The smallest absolute Gasteiger partial charge is 0.266 e. The largest absolute Gasteiger partial charge is 0.335 e. The summed E-state index contributed by atoms with van der Waals surface area (Å²) in [7, 11) is 0. The van der Waals surface area contributed by atoms with E-state index < -0.39 is 5.56 Å². The lowest BCUT2D eigenvalue weighted by atomic mass is 9.99. The molecule has 27 heavy (non-hydrogen) atoms. The van der Waals surface area contributed by atoms with E-state index in [2.05, 4.69) is 4.98 Å². The molecule has 140 valence electrons. The minimum absolute atomic E-state index is 0.0327. The van der Waals surface area contributed by atoms with Crippen LogP contribution in [0.15, 0.2) is 29.1 Å². The number of benzene rings is 1. The molecule has 0 spiro atoms. The fraction of sp³-hybridized carbons (Fsp3) is 0.381. The third kappa shape index (κ3) is 4.25. The zero-order valence-corrected chi connectivity index (χ0v) is 15.5. The Labute approximate surface area is 157 Å². The number of aromatic amines is 1. The second kappa shape index (κ2) is 7.75. The number of aryl methyl sites for hydroxylation is 1. The predicted molar refractivity (Wildman–Crippen MR) is 99.5 cm³/mol. The number of carbonyl (C=O) groups excluding carboxylic acids is 1. The van der Waals surface area contributed by atoms with Crippen molar-refractivity contribution in [3.05, 3.63) is 68.4 Å². The van der Waals surface area contributed by atoms with Gasteiger partial charge in [-0.05, 0) is 61.9 Å². The first-order chi connectivity index (χ1) is 12.9. The number of nitrogens with zero attached hydrogens (tertiary/aromatic N) is 2. The minimum Gasteiger partial charge on any atom is -0.335 e. The van der Waals surface area contributed by atoms with E-state index in [4.69, 9.17) is 0 Å². The fourth-order valence-electron chi connectivity index (χ4n) is 3.39. The molecule has 2 aromatic rings. The Bertz CT molecular complexity index is 953. The van der Waals surface area contributed by atoms with Crippen LogP contribution in [0.25, 0.3) is 0 Å². The van der Waals surface area contributed by atoms with Crippen molar-refractivity contribution in [3.63, 3.8) is 0 Å². The Morgan fingerprint density at radius 2 is 1.96 bits per heavy atom. The molecule has 6 heteroatoms. The summed E-state index contributed by atoms with van der Waals surface area (Å²) in [5, 5.41) is 9.17. The second-order valence-corrected chi connectivity index (χ2v) is 7.05. The molecule has 1 aliphatic carbocycles. The number of hydrogen-bond acceptors (Lipinski definition) is 3. The van der Waals surface area contributed by atoms with E-state index in [1.165, 1.54) is 12.1 Å². The van der Waals surface area contributed by atoms with E-state index in [9.17, 15) is 19.2 Å². The molecule has 0 radical (unpaired) electrons. The van der Waals surface area contributed by atoms with Crippen LogP contribution in [0.1, 0.15) is 47.2 Å². The first-order valence-corrected chi connectivity index (χ1v) is 9.07. The van der Waals surface area contributed by atoms with Gasteiger partial charge < -0.3 is 9.88 Å². The van der Waals surface area contributed by atoms with Crippen LogP contribution in [0.2, 0.25) is 0 Å². The van der Waals surface area contributed by atoms with E-state index in [-0.39, 0.29) is 23.3 Å². The molecule has 1 N–H and O–H groups in total. The number of nitrogens with one attached hydrogen (secondary N) is 1. The molecule has 0 saturated heterocycles. The number of halogens is 1. The Morgan fingerprint density at radius 3 is 2.56 bits per heavy atom. The zero-order valence-electron chi connectivity index (χ0n) is 15.5. The van der Waals surface area contributed by atoms with Crippen LogP contribution in [0, 0.1) is 31.0 Å². The number of hydrogen-bond donors (Lipinski definition) is 1. The van der Waals surface area contributed by atoms with Crippen LogP contribution >= 0.6 is 0 Å². The summed E-state index contributed by atoms with van der Waals surface area (Å²) in [6.07, 6.45) is 2.75. The minimum atomic E-state index is -0.390. The van der Waals surface area contributed by atoms with Crippen molar-refractivity contribution < 1.29 is 9.18 Å². The number of aromatic nitrogens is 1. The van der Waals surface area contributed by atoms with Gasteiger partial charge in [-0.3, -0.25) is 9.59 Å². The van der Waals surface area contributed by atoms with Gasteiger partial charge in [0.2, 0.25) is 5.91 Å². The van der Waals surface area contributed by atoms with Gasteiger partial charge in [0, 0.05) is 24.7 Å². The lowest BCUT2D eigenvalue weighted by Gasteiger charge is -2.23. The van der Waals surface area contributed by atoms with Gasteiger partial charge in [0.05, 0.1) is 0 Å². The van der Waals surface area contributed by atoms with Crippen LogP contribution in [-0.2, 0) is 17.8 Å². The van der Waals surface area contributed by atoms with Crippen LogP contribution in [-0.4, -0.2) is 21.8 Å². The Morgan fingerprint density at radius 1 is 1.30 bits per heavy atom. The van der Waals surface area contributed by atoms with Gasteiger partial charge in [-0.1, -0.05) is 12.1 Å². The van der Waals surface area contributed by atoms with Crippen molar-refractivity contribution in [2.45, 2.75) is 52.1 Å². The molecule has 0 aliphatic heterocycles. The standard InChI is InChI=1S/C21H22FN3O2/c1-13-18(14(2)24-21(27)19(13)11-23)9-10-20(26)25(17-7-8-17)12-15-3-5-16(22)6-4-15/h3-6,17H,7-10,12H2,1-2H3,(H,24,27). The Balaban J connectivity index is 1.73. The van der Waals surface area contributed by atoms with Gasteiger partial charge in [0.25, 0.3) is 5.56 Å². The molecule has 1 fully saturated rings. The molecule has 1 aromatic heterocycles. The van der Waals surface area contributed by atoms with E-state index in [0.717, 1.165) is 24.0 Å². The number of H-pyrrole nitrogens is 1. The molecule has 1 amide bonds. The molecule has 1 heterocycles. The monoisotopic (exact) mass is 367 g/mol. The van der Waals surface area contributed by atoms with Crippen molar-refractivity contribution in [2.24, 2.45) is 0 Å². The normalized spacial score (nSPS) is 13.3. The maximum absolute atomic E-state index is 13.1. The van der Waals surface area contributed by atoms with Crippen LogP contribution < -0.4 is 5.56 Å². The van der Waals surface area contributed by atoms with Crippen molar-refractivity contribution >= 4 is 5.91 Å². The summed E-state index contributed by atoms with van der Waals surface area (Å²) < 4.78 is 13.1. The molecule has 1 aromatic carbocycles. The summed E-state index contributed by atoms with van der Waals surface area (Å²) in [6.45, 7) is 4.00. The highest BCUT2D eigenvalue weighted by Crippen LogP contribution is 2.29. The molecule has 3 rings (SSSR count).